The number of aromatic hydroxyl groups is 3. The molecule has 1 aromatic heterocycles. The van der Waals surface area contributed by atoms with Crippen LogP contribution >= 0.6 is 0 Å². The van der Waals surface area contributed by atoms with E-state index in [4.69, 9.17) is 29.1 Å². The Bertz CT molecular complexity index is 2290. The first-order valence-corrected chi connectivity index (χ1v) is 17.6. The number of nitrogens with one attached hydrogen (secondary N) is 1. The minimum Gasteiger partial charge on any atom is -0.507 e. The first-order valence-electron chi connectivity index (χ1n) is 17.6. The van der Waals surface area contributed by atoms with Crippen LogP contribution in [0.4, 0.5) is 0 Å². The molecule has 0 amide bonds. The molecule has 4 aliphatic heterocycles. The van der Waals surface area contributed by atoms with Crippen molar-refractivity contribution in [2.45, 2.75) is 79.4 Å². The van der Waals surface area contributed by atoms with Gasteiger partial charge in [0.15, 0.2) is 35.2 Å². The number of carbonyl (C=O) groups excluding carboxylic acids is 1. The van der Waals surface area contributed by atoms with Crippen molar-refractivity contribution in [1.29, 1.82) is 0 Å². The largest absolute Gasteiger partial charge is 0.507 e. The van der Waals surface area contributed by atoms with Crippen molar-refractivity contribution in [3.05, 3.63) is 81.7 Å². The van der Waals surface area contributed by atoms with E-state index >= 15 is 0 Å². The van der Waals surface area contributed by atoms with Crippen molar-refractivity contribution in [3.63, 3.8) is 0 Å². The first-order chi connectivity index (χ1) is 27.5. The fourth-order valence-electron chi connectivity index (χ4n) is 7.15. The Morgan fingerprint density at radius 3 is 2.29 bits per heavy atom. The lowest BCUT2D eigenvalue weighted by atomic mass is 9.87. The number of phenols is 3. The molecule has 0 aliphatic carbocycles. The number of benzene rings is 2. The Balaban J connectivity index is 1.33. The van der Waals surface area contributed by atoms with E-state index in [1.165, 1.54) is 18.3 Å². The summed E-state index contributed by atoms with van der Waals surface area (Å²) in [5, 5.41) is 118. The average molecular weight is 815 g/mol. The van der Waals surface area contributed by atoms with Gasteiger partial charge in [-0.2, -0.15) is 0 Å². The number of hydrogen-bond donors (Lipinski definition) is 13. The molecule has 2 fully saturated rings. The second-order valence-corrected chi connectivity index (χ2v) is 14.0. The molecule has 7 rings (SSSR count). The molecule has 0 bridgehead atoms. The third-order valence-corrected chi connectivity index (χ3v) is 10.2. The Kier molecular flexibility index (Phi) is 10.7. The number of aliphatic hydroxyl groups excluding tert-OH is 7. The first kappa shape index (κ1) is 40.6. The molecule has 12 atom stereocenters. The van der Waals surface area contributed by atoms with Crippen molar-refractivity contribution in [1.82, 2.24) is 5.32 Å². The highest BCUT2D eigenvalue weighted by molar-refractivity contribution is 5.89. The van der Waals surface area contributed by atoms with Gasteiger partial charge >= 0.3 is 11.9 Å². The van der Waals surface area contributed by atoms with E-state index in [2.05, 4.69) is 5.32 Å². The van der Waals surface area contributed by atoms with E-state index in [1.54, 1.807) is 12.2 Å². The van der Waals surface area contributed by atoms with Crippen LogP contribution in [0.5, 0.6) is 23.0 Å². The van der Waals surface area contributed by atoms with Crippen LogP contribution in [-0.4, -0.2) is 142 Å². The SMILES string of the molecule is NC1C=CC([C@H]2C=C[C@]3(Oc4cc5oc(-c6cc(O)c(O)c(CCO)c6)cc(=O)c5c(O)c42)O[C@H](C(=O)O[C@H]2O[C@H](C(=O)O)[C@@H](O)[C@H](O)[C@H]2O)[C@@H](O)[C@H](O)[C@H]3O)=CN1. The third-order valence-electron chi connectivity index (χ3n) is 10.2. The molecule has 58 heavy (non-hydrogen) atoms. The van der Waals surface area contributed by atoms with Crippen LogP contribution in [0.15, 0.2) is 69.6 Å². The van der Waals surface area contributed by atoms with Gasteiger partial charge in [0.05, 0.1) is 6.17 Å². The normalized spacial score (nSPS) is 33.1. The number of dihydropyridines is 1. The zero-order valence-corrected chi connectivity index (χ0v) is 29.7. The molecule has 3 aromatic rings. The van der Waals surface area contributed by atoms with E-state index < -0.39 is 114 Å². The van der Waals surface area contributed by atoms with Gasteiger partial charge in [0.25, 0.3) is 5.79 Å². The zero-order valence-electron chi connectivity index (χ0n) is 29.7. The molecular formula is C37H38N2O19. The molecule has 1 unspecified atom stereocenters. The molecule has 4 aliphatic rings. The lowest BCUT2D eigenvalue weighted by Gasteiger charge is -2.46. The Labute approximate surface area is 324 Å². The summed E-state index contributed by atoms with van der Waals surface area (Å²) in [7, 11) is 0. The summed E-state index contributed by atoms with van der Waals surface area (Å²) in [6.45, 7) is -0.396. The van der Waals surface area contributed by atoms with E-state index in [-0.39, 0.29) is 45.6 Å². The highest BCUT2D eigenvalue weighted by Gasteiger charge is 2.59. The van der Waals surface area contributed by atoms with Crippen molar-refractivity contribution in [2.24, 2.45) is 5.73 Å². The maximum absolute atomic E-state index is 13.7. The third kappa shape index (κ3) is 6.91. The Morgan fingerprint density at radius 2 is 1.62 bits per heavy atom. The predicted molar refractivity (Wildman–Crippen MR) is 191 cm³/mol. The van der Waals surface area contributed by atoms with Crippen molar-refractivity contribution >= 4 is 22.9 Å². The maximum Gasteiger partial charge on any atom is 0.340 e. The second-order valence-electron chi connectivity index (χ2n) is 14.0. The number of nitrogens with two attached hydrogens (primary N) is 1. The zero-order chi connectivity index (χ0) is 42.0. The average Bonchev–Trinajstić information content (AvgIpc) is 3.34. The second kappa shape index (κ2) is 15.3. The van der Waals surface area contributed by atoms with Crippen molar-refractivity contribution in [2.75, 3.05) is 6.61 Å². The number of esters is 1. The Morgan fingerprint density at radius 1 is 0.897 bits per heavy atom. The number of carboxylic acid groups (broad SMARTS) is 1. The molecule has 21 heteroatoms. The van der Waals surface area contributed by atoms with Gasteiger partial charge in [-0.25, -0.2) is 9.59 Å². The summed E-state index contributed by atoms with van der Waals surface area (Å²) < 4.78 is 28.1. The van der Waals surface area contributed by atoms with Gasteiger partial charge in [0.1, 0.15) is 58.7 Å². The topological polar surface area (TPSA) is 362 Å². The van der Waals surface area contributed by atoms with Crippen LogP contribution in [0.25, 0.3) is 22.3 Å². The molecular weight excluding hydrogens is 776 g/mol. The highest BCUT2D eigenvalue weighted by Crippen LogP contribution is 2.49. The van der Waals surface area contributed by atoms with Crippen LogP contribution in [0.1, 0.15) is 17.0 Å². The minimum absolute atomic E-state index is 0.0761. The standard InChI is InChI=1S/C37H38N2O19/c38-21-2-1-13(11-39-21)15-3-5-37(33(50)29(48)28(47)32(58-37)35(53)56-36-30(49)26(45)27(46)31(55-36)34(51)52)57-20-10-19-23(25(44)22(15)20)16(41)9-18(54-19)14-7-12(4-6-40)24(43)17(42)8-14/h1-3,5,7-11,15,21,26-33,36,39-40,42-50H,4,6,38H2,(H,51,52)/t15-,21?,26+,27+,28+,29+,30-,31+,32+,33-,36-,37+/m1/s1. The molecule has 5 heterocycles. The molecule has 1 spiro atoms. The number of carboxylic acids is 1. The highest BCUT2D eigenvalue weighted by atomic mass is 16.8. The van der Waals surface area contributed by atoms with Gasteiger partial charge in [0, 0.05) is 47.5 Å². The van der Waals surface area contributed by atoms with E-state index in [0.29, 0.717) is 5.57 Å². The number of hydrogen-bond acceptors (Lipinski definition) is 20. The van der Waals surface area contributed by atoms with Gasteiger partial charge < -0.3 is 90.6 Å². The Hall–Kier alpha value is -5.59. The van der Waals surface area contributed by atoms with Crippen LogP contribution in [0.3, 0.4) is 0 Å². The number of aliphatic hydroxyl groups is 7. The predicted octanol–water partition coefficient (Wildman–Crippen LogP) is -2.91. The van der Waals surface area contributed by atoms with Crippen molar-refractivity contribution < 1.29 is 89.1 Å². The number of aliphatic carboxylic acids is 1. The van der Waals surface area contributed by atoms with Crippen molar-refractivity contribution in [3.8, 4) is 34.3 Å². The summed E-state index contributed by atoms with van der Waals surface area (Å²) >= 11 is 0. The van der Waals surface area contributed by atoms with Gasteiger partial charge in [-0.15, -0.1) is 0 Å². The van der Waals surface area contributed by atoms with E-state index in [0.717, 1.165) is 24.3 Å². The summed E-state index contributed by atoms with van der Waals surface area (Å²) in [6, 6.07) is 4.59. The van der Waals surface area contributed by atoms with Crippen LogP contribution in [0, 0.1) is 0 Å². The van der Waals surface area contributed by atoms with E-state index in [1.807, 2.05) is 0 Å². The summed E-state index contributed by atoms with van der Waals surface area (Å²) in [6.07, 6.45) is -13.7. The number of carbonyl (C=O) groups is 2. The molecule has 0 saturated carbocycles. The minimum atomic E-state index is -2.65. The van der Waals surface area contributed by atoms with Gasteiger partial charge in [0.2, 0.25) is 6.29 Å². The molecule has 21 nitrogen and oxygen atoms in total. The molecule has 14 N–H and O–H groups in total. The number of phenolic OH excluding ortho intramolecular Hbond substituents is 3. The molecule has 2 saturated heterocycles. The van der Waals surface area contributed by atoms with Crippen LogP contribution in [0.2, 0.25) is 0 Å². The lowest BCUT2D eigenvalue weighted by Crippen LogP contribution is -2.68. The molecule has 2 aromatic carbocycles. The lowest BCUT2D eigenvalue weighted by molar-refractivity contribution is -0.321. The summed E-state index contributed by atoms with van der Waals surface area (Å²) in [4.78, 5) is 38.9. The fourth-order valence-corrected chi connectivity index (χ4v) is 7.15. The van der Waals surface area contributed by atoms with Gasteiger partial charge in [-0.05, 0) is 36.3 Å². The quantitative estimate of drug-likeness (QED) is 0.0645. The number of ether oxygens (including phenoxy) is 4. The maximum atomic E-state index is 13.7. The number of rotatable bonds is 7. The van der Waals surface area contributed by atoms with Gasteiger partial charge in [-0.3, -0.25) is 4.79 Å². The molecule has 310 valence electrons. The summed E-state index contributed by atoms with van der Waals surface area (Å²) in [5.41, 5.74) is 5.29. The van der Waals surface area contributed by atoms with Crippen LogP contribution < -0.4 is 21.2 Å². The number of fused-ring (bicyclic) bond motifs is 2. The molecule has 0 radical (unpaired) electrons. The van der Waals surface area contributed by atoms with Crippen LogP contribution in [-0.2, 0) is 30.2 Å². The number of allylic oxidation sites excluding steroid dienone is 3. The smallest absolute Gasteiger partial charge is 0.340 e. The monoisotopic (exact) mass is 814 g/mol. The summed E-state index contributed by atoms with van der Waals surface area (Å²) in [5.74, 6) is -9.47. The fraction of sp³-hybridized carbons (Fsp3) is 0.378. The van der Waals surface area contributed by atoms with E-state index in [9.17, 15) is 70.6 Å². The van der Waals surface area contributed by atoms with Gasteiger partial charge in [-0.1, -0.05) is 12.2 Å².